The van der Waals surface area contributed by atoms with Gasteiger partial charge in [-0.25, -0.2) is 0 Å². The lowest BCUT2D eigenvalue weighted by molar-refractivity contribution is 0.185. The summed E-state index contributed by atoms with van der Waals surface area (Å²) in [6.07, 6.45) is 18.2. The van der Waals surface area contributed by atoms with Gasteiger partial charge in [0, 0.05) is 11.5 Å². The molecule has 0 spiro atoms. The summed E-state index contributed by atoms with van der Waals surface area (Å²) in [5, 5.41) is 0. The van der Waals surface area contributed by atoms with Gasteiger partial charge in [0.25, 0.3) is 0 Å². The van der Waals surface area contributed by atoms with Crippen molar-refractivity contribution in [3.63, 3.8) is 0 Å². The molecule has 1 nitrogen and oxygen atoms in total. The molecule has 0 bridgehead atoms. The third-order valence-corrected chi connectivity index (χ3v) is 4.45. The first kappa shape index (κ1) is 15.1. The lowest BCUT2D eigenvalue weighted by atomic mass is 9.92. The quantitative estimate of drug-likeness (QED) is 0.704. The lowest BCUT2D eigenvalue weighted by Gasteiger charge is -2.36. The van der Waals surface area contributed by atoms with Crippen LogP contribution in [-0.4, -0.2) is 23.5 Å². The van der Waals surface area contributed by atoms with Crippen LogP contribution in [0.25, 0.3) is 0 Å². The summed E-state index contributed by atoms with van der Waals surface area (Å²) >= 11 is 0. The Morgan fingerprint density at radius 2 is 1.20 bits per heavy atom. The largest absolute Gasteiger partial charge is 0.292 e. The Morgan fingerprint density at radius 1 is 0.800 bits per heavy atom. The summed E-state index contributed by atoms with van der Waals surface area (Å²) in [5.41, 5.74) is 2.69. The maximum Gasteiger partial charge on any atom is 0.0552 e. The smallest absolute Gasteiger partial charge is 0.0552 e. The molecule has 0 aromatic heterocycles. The molecule has 2 aliphatic carbocycles. The van der Waals surface area contributed by atoms with Crippen LogP contribution < -0.4 is 0 Å². The molecule has 0 fully saturated rings. The third kappa shape index (κ3) is 3.04. The molecule has 0 unspecified atom stereocenters. The van der Waals surface area contributed by atoms with Crippen molar-refractivity contribution >= 4 is 0 Å². The van der Waals surface area contributed by atoms with Gasteiger partial charge in [0.2, 0.25) is 0 Å². The first-order valence-corrected chi connectivity index (χ1v) is 7.48. The zero-order chi connectivity index (χ0) is 15.0. The van der Waals surface area contributed by atoms with Crippen LogP contribution in [0.15, 0.2) is 59.8 Å². The van der Waals surface area contributed by atoms with Gasteiger partial charge in [0.15, 0.2) is 0 Å². The number of hydrogen-bond acceptors (Lipinski definition) is 1. The summed E-state index contributed by atoms with van der Waals surface area (Å²) in [5.74, 6) is 0. The number of allylic oxidation sites excluding steroid dienone is 8. The standard InChI is InChI=1S/C19H27N/c1-15(2)20(6)19(5)13-9-16-7-11-18(3,4)12-8-17(16)10-14-19/h7-15H,1-6H3. The highest BCUT2D eigenvalue weighted by molar-refractivity contribution is 5.52. The molecule has 2 rings (SSSR count). The van der Waals surface area contributed by atoms with Crippen molar-refractivity contribution in [2.45, 2.75) is 46.2 Å². The number of nitrogens with zero attached hydrogens (tertiary/aromatic N) is 1. The fourth-order valence-electron chi connectivity index (χ4n) is 2.52. The summed E-state index contributed by atoms with van der Waals surface area (Å²) in [6.45, 7) is 11.2. The molecule has 20 heavy (non-hydrogen) atoms. The molecule has 0 saturated heterocycles. The van der Waals surface area contributed by atoms with Crippen molar-refractivity contribution < 1.29 is 0 Å². The molecule has 108 valence electrons. The van der Waals surface area contributed by atoms with E-state index in [1.54, 1.807) is 0 Å². The van der Waals surface area contributed by atoms with Gasteiger partial charge in [-0.3, -0.25) is 4.90 Å². The Bertz CT molecular complexity index is 488. The van der Waals surface area contributed by atoms with E-state index in [0.717, 1.165) is 0 Å². The molecule has 0 saturated carbocycles. The van der Waals surface area contributed by atoms with Crippen LogP contribution >= 0.6 is 0 Å². The van der Waals surface area contributed by atoms with Crippen LogP contribution in [0.1, 0.15) is 34.6 Å². The molecular weight excluding hydrogens is 242 g/mol. The van der Waals surface area contributed by atoms with Crippen molar-refractivity contribution in [3.05, 3.63) is 59.8 Å². The predicted molar refractivity (Wildman–Crippen MR) is 88.7 cm³/mol. The second-order valence-electron chi connectivity index (χ2n) is 7.00. The Morgan fingerprint density at radius 3 is 1.60 bits per heavy atom. The molecule has 2 aliphatic rings. The zero-order valence-electron chi connectivity index (χ0n) is 13.6. The van der Waals surface area contributed by atoms with Crippen LogP contribution in [0, 0.1) is 5.41 Å². The molecule has 0 atom stereocenters. The van der Waals surface area contributed by atoms with Crippen molar-refractivity contribution in [1.82, 2.24) is 4.90 Å². The topological polar surface area (TPSA) is 3.24 Å². The van der Waals surface area contributed by atoms with Gasteiger partial charge in [-0.1, -0.05) is 62.5 Å². The predicted octanol–water partition coefficient (Wildman–Crippen LogP) is 4.66. The van der Waals surface area contributed by atoms with Crippen LogP contribution in [0.5, 0.6) is 0 Å². The van der Waals surface area contributed by atoms with Crippen molar-refractivity contribution in [2.75, 3.05) is 7.05 Å². The van der Waals surface area contributed by atoms with Crippen LogP contribution in [-0.2, 0) is 0 Å². The van der Waals surface area contributed by atoms with E-state index >= 15 is 0 Å². The molecule has 0 aromatic rings. The second kappa shape index (κ2) is 5.21. The Kier molecular flexibility index (Phi) is 3.93. The molecule has 0 heterocycles. The normalized spacial score (nSPS) is 23.2. The van der Waals surface area contributed by atoms with Crippen molar-refractivity contribution in [2.24, 2.45) is 5.41 Å². The summed E-state index contributed by atoms with van der Waals surface area (Å²) in [7, 11) is 2.19. The van der Waals surface area contributed by atoms with Crippen molar-refractivity contribution in [1.29, 1.82) is 0 Å². The highest BCUT2D eigenvalue weighted by atomic mass is 15.2. The van der Waals surface area contributed by atoms with E-state index in [4.69, 9.17) is 0 Å². The van der Waals surface area contributed by atoms with E-state index < -0.39 is 0 Å². The van der Waals surface area contributed by atoms with E-state index in [1.165, 1.54) is 11.1 Å². The Balaban J connectivity index is 2.36. The van der Waals surface area contributed by atoms with E-state index in [9.17, 15) is 0 Å². The van der Waals surface area contributed by atoms with Gasteiger partial charge < -0.3 is 0 Å². The van der Waals surface area contributed by atoms with Gasteiger partial charge in [-0.2, -0.15) is 0 Å². The fourth-order valence-corrected chi connectivity index (χ4v) is 2.52. The van der Waals surface area contributed by atoms with Gasteiger partial charge in [-0.15, -0.1) is 0 Å². The number of rotatable bonds is 2. The van der Waals surface area contributed by atoms with Gasteiger partial charge in [0.1, 0.15) is 0 Å². The summed E-state index contributed by atoms with van der Waals surface area (Å²) in [6, 6.07) is 0.511. The first-order valence-electron chi connectivity index (χ1n) is 7.48. The SMILES string of the molecule is CC(C)N(C)C1(C)C=CC2=C(C=CC(C)(C)C=C2)C=C1. The maximum absolute atomic E-state index is 2.39. The third-order valence-electron chi connectivity index (χ3n) is 4.45. The highest BCUT2D eigenvalue weighted by Crippen LogP contribution is 2.30. The van der Waals surface area contributed by atoms with Gasteiger partial charge in [-0.05, 0) is 39.0 Å². The number of likely N-dealkylation sites (N-methyl/N-ethyl adjacent to an activating group) is 1. The van der Waals surface area contributed by atoms with Gasteiger partial charge in [0.05, 0.1) is 5.54 Å². The molecule has 0 radical (unpaired) electrons. The molecule has 0 aromatic carbocycles. The summed E-state index contributed by atoms with van der Waals surface area (Å²) in [4.78, 5) is 2.39. The van der Waals surface area contributed by atoms with E-state index in [1.807, 2.05) is 0 Å². The average Bonchev–Trinajstić information content (AvgIpc) is 2.62. The average molecular weight is 269 g/mol. The van der Waals surface area contributed by atoms with Crippen molar-refractivity contribution in [3.8, 4) is 0 Å². The van der Waals surface area contributed by atoms with E-state index in [-0.39, 0.29) is 11.0 Å². The monoisotopic (exact) mass is 269 g/mol. The molecule has 1 heteroatoms. The first-order chi connectivity index (χ1) is 9.23. The second-order valence-corrected chi connectivity index (χ2v) is 7.00. The Labute approximate surface area is 124 Å². The Hall–Kier alpha value is -1.34. The van der Waals surface area contributed by atoms with Crippen LogP contribution in [0.3, 0.4) is 0 Å². The summed E-state index contributed by atoms with van der Waals surface area (Å²) < 4.78 is 0. The minimum atomic E-state index is -0.0302. The van der Waals surface area contributed by atoms with E-state index in [2.05, 4.69) is 95.2 Å². The highest BCUT2D eigenvalue weighted by Gasteiger charge is 2.26. The molecular formula is C19H27N. The number of hydrogen-bond donors (Lipinski definition) is 0. The lowest BCUT2D eigenvalue weighted by Crippen LogP contribution is -2.44. The maximum atomic E-state index is 2.39. The van der Waals surface area contributed by atoms with Crippen LogP contribution in [0.2, 0.25) is 0 Å². The molecule has 0 amide bonds. The molecule has 0 aliphatic heterocycles. The zero-order valence-corrected chi connectivity index (χ0v) is 13.6. The minimum absolute atomic E-state index is 0.0302. The fraction of sp³-hybridized carbons (Fsp3) is 0.474. The van der Waals surface area contributed by atoms with Crippen LogP contribution in [0.4, 0.5) is 0 Å². The molecule has 0 N–H and O–H groups in total. The minimum Gasteiger partial charge on any atom is -0.292 e. The van der Waals surface area contributed by atoms with E-state index in [0.29, 0.717) is 6.04 Å². The van der Waals surface area contributed by atoms with Gasteiger partial charge >= 0.3 is 0 Å².